The summed E-state index contributed by atoms with van der Waals surface area (Å²) in [6.07, 6.45) is 5.13. The Hall–Kier alpha value is -0.300. The van der Waals surface area contributed by atoms with Crippen LogP contribution in [0.2, 0.25) is 0 Å². The predicted octanol–water partition coefficient (Wildman–Crippen LogP) is 3.55. The highest BCUT2D eigenvalue weighted by atomic mass is 16.5. The molecule has 1 aliphatic rings. The van der Waals surface area contributed by atoms with Gasteiger partial charge in [-0.05, 0) is 53.4 Å². The summed E-state index contributed by atoms with van der Waals surface area (Å²) in [5.74, 6) is 0.692. The molecule has 0 aromatic heterocycles. The molecule has 1 saturated heterocycles. The standard InChI is InChI=1S/C12H22O/c1-9(2)6-7-11-8-10(3)13-12(11,4)5/h6,10-11H,7-8H2,1-5H3. The van der Waals surface area contributed by atoms with Gasteiger partial charge in [0, 0.05) is 0 Å². The molecule has 0 N–H and O–H groups in total. The van der Waals surface area contributed by atoms with Gasteiger partial charge in [-0.3, -0.25) is 0 Å². The van der Waals surface area contributed by atoms with Gasteiger partial charge in [-0.2, -0.15) is 0 Å². The molecule has 0 aromatic rings. The zero-order valence-electron chi connectivity index (χ0n) is 9.55. The zero-order chi connectivity index (χ0) is 10.1. The lowest BCUT2D eigenvalue weighted by Gasteiger charge is -2.25. The Labute approximate surface area is 82.2 Å². The molecular formula is C12H22O. The fraction of sp³-hybridized carbons (Fsp3) is 0.833. The van der Waals surface area contributed by atoms with Gasteiger partial charge in [0.25, 0.3) is 0 Å². The summed E-state index contributed by atoms with van der Waals surface area (Å²) in [7, 11) is 0. The van der Waals surface area contributed by atoms with Crippen LogP contribution in [0.1, 0.15) is 47.5 Å². The number of ether oxygens (including phenoxy) is 1. The molecule has 1 heteroatoms. The van der Waals surface area contributed by atoms with E-state index in [4.69, 9.17) is 4.74 Å². The average Bonchev–Trinajstić information content (AvgIpc) is 2.19. The van der Waals surface area contributed by atoms with E-state index < -0.39 is 0 Å². The first kappa shape index (κ1) is 10.8. The van der Waals surface area contributed by atoms with Gasteiger partial charge < -0.3 is 4.74 Å². The van der Waals surface area contributed by atoms with Crippen LogP contribution in [0.4, 0.5) is 0 Å². The third-order valence-corrected chi connectivity index (χ3v) is 2.92. The molecule has 0 aliphatic carbocycles. The molecule has 0 radical (unpaired) electrons. The zero-order valence-corrected chi connectivity index (χ0v) is 9.55. The Morgan fingerprint density at radius 1 is 1.46 bits per heavy atom. The minimum Gasteiger partial charge on any atom is -0.372 e. The van der Waals surface area contributed by atoms with Crippen molar-refractivity contribution in [1.29, 1.82) is 0 Å². The largest absolute Gasteiger partial charge is 0.372 e. The second-order valence-electron chi connectivity index (χ2n) is 4.98. The van der Waals surface area contributed by atoms with Gasteiger partial charge in [0.05, 0.1) is 11.7 Å². The summed E-state index contributed by atoms with van der Waals surface area (Å²) in [4.78, 5) is 0. The van der Waals surface area contributed by atoms with Gasteiger partial charge in [-0.1, -0.05) is 11.6 Å². The van der Waals surface area contributed by atoms with E-state index in [1.807, 2.05) is 0 Å². The average molecular weight is 182 g/mol. The lowest BCUT2D eigenvalue weighted by atomic mass is 9.87. The van der Waals surface area contributed by atoms with Crippen molar-refractivity contribution in [3.05, 3.63) is 11.6 Å². The second-order valence-corrected chi connectivity index (χ2v) is 4.98. The lowest BCUT2D eigenvalue weighted by molar-refractivity contribution is -0.0238. The minimum atomic E-state index is 0.0748. The van der Waals surface area contributed by atoms with Gasteiger partial charge in [0.15, 0.2) is 0 Å². The van der Waals surface area contributed by atoms with Crippen LogP contribution in [0.3, 0.4) is 0 Å². The number of hydrogen-bond acceptors (Lipinski definition) is 1. The van der Waals surface area contributed by atoms with Gasteiger partial charge in [0.1, 0.15) is 0 Å². The van der Waals surface area contributed by atoms with Crippen LogP contribution in [0, 0.1) is 5.92 Å². The molecule has 1 aliphatic heterocycles. The van der Waals surface area contributed by atoms with Crippen molar-refractivity contribution < 1.29 is 4.74 Å². The maximum absolute atomic E-state index is 5.86. The first-order valence-electron chi connectivity index (χ1n) is 5.23. The molecule has 1 fully saturated rings. The van der Waals surface area contributed by atoms with E-state index in [2.05, 4.69) is 40.7 Å². The fourth-order valence-corrected chi connectivity index (χ4v) is 2.11. The van der Waals surface area contributed by atoms with Gasteiger partial charge in [0.2, 0.25) is 0 Å². The predicted molar refractivity (Wildman–Crippen MR) is 56.8 cm³/mol. The summed E-state index contributed by atoms with van der Waals surface area (Å²) in [6, 6.07) is 0. The Balaban J connectivity index is 2.55. The topological polar surface area (TPSA) is 9.23 Å². The number of hydrogen-bond donors (Lipinski definition) is 0. The molecule has 1 heterocycles. The van der Waals surface area contributed by atoms with Crippen molar-refractivity contribution in [1.82, 2.24) is 0 Å². The number of rotatable bonds is 2. The van der Waals surface area contributed by atoms with Crippen molar-refractivity contribution >= 4 is 0 Å². The first-order valence-corrected chi connectivity index (χ1v) is 5.23. The van der Waals surface area contributed by atoms with Crippen LogP contribution in [0.25, 0.3) is 0 Å². The highest BCUT2D eigenvalue weighted by Crippen LogP contribution is 2.37. The molecule has 1 rings (SSSR count). The smallest absolute Gasteiger partial charge is 0.0662 e. The normalized spacial score (nSPS) is 31.8. The monoisotopic (exact) mass is 182 g/mol. The summed E-state index contributed by atoms with van der Waals surface area (Å²) < 4.78 is 5.86. The molecule has 0 spiro atoms. The molecule has 1 nitrogen and oxygen atoms in total. The molecule has 0 bridgehead atoms. The van der Waals surface area contributed by atoms with Crippen LogP contribution in [0.15, 0.2) is 11.6 Å². The Kier molecular flexibility index (Phi) is 3.18. The quantitative estimate of drug-likeness (QED) is 0.593. The summed E-state index contributed by atoms with van der Waals surface area (Å²) in [5.41, 5.74) is 1.49. The van der Waals surface area contributed by atoms with Gasteiger partial charge >= 0.3 is 0 Å². The maximum Gasteiger partial charge on any atom is 0.0662 e. The number of allylic oxidation sites excluding steroid dienone is 2. The van der Waals surface area contributed by atoms with Gasteiger partial charge in [-0.25, -0.2) is 0 Å². The van der Waals surface area contributed by atoms with Gasteiger partial charge in [-0.15, -0.1) is 0 Å². The van der Waals surface area contributed by atoms with Crippen LogP contribution in [-0.2, 0) is 4.74 Å². The van der Waals surface area contributed by atoms with Crippen molar-refractivity contribution in [3.63, 3.8) is 0 Å². The van der Waals surface area contributed by atoms with Crippen molar-refractivity contribution in [2.24, 2.45) is 5.92 Å². The summed E-state index contributed by atoms with van der Waals surface area (Å²) in [5, 5.41) is 0. The van der Waals surface area contributed by atoms with Crippen LogP contribution < -0.4 is 0 Å². The van der Waals surface area contributed by atoms with E-state index in [-0.39, 0.29) is 5.60 Å². The first-order chi connectivity index (χ1) is 5.92. The SMILES string of the molecule is CC(C)=CCC1CC(C)OC1(C)C. The Bertz CT molecular complexity index is 199. The molecule has 76 valence electrons. The van der Waals surface area contributed by atoms with E-state index >= 15 is 0 Å². The fourth-order valence-electron chi connectivity index (χ4n) is 2.11. The molecule has 0 aromatic carbocycles. The van der Waals surface area contributed by atoms with E-state index in [1.165, 1.54) is 18.4 Å². The molecule has 2 atom stereocenters. The lowest BCUT2D eigenvalue weighted by Crippen LogP contribution is -2.27. The van der Waals surface area contributed by atoms with Crippen LogP contribution in [-0.4, -0.2) is 11.7 Å². The molecular weight excluding hydrogens is 160 g/mol. The Morgan fingerprint density at radius 3 is 2.46 bits per heavy atom. The highest BCUT2D eigenvalue weighted by molar-refractivity contribution is 4.98. The van der Waals surface area contributed by atoms with E-state index in [9.17, 15) is 0 Å². The highest BCUT2D eigenvalue weighted by Gasteiger charge is 2.38. The van der Waals surface area contributed by atoms with Crippen molar-refractivity contribution in [3.8, 4) is 0 Å². The molecule has 13 heavy (non-hydrogen) atoms. The van der Waals surface area contributed by atoms with E-state index in [0.717, 1.165) is 0 Å². The molecule has 0 amide bonds. The minimum absolute atomic E-state index is 0.0748. The van der Waals surface area contributed by atoms with Crippen molar-refractivity contribution in [2.45, 2.75) is 59.2 Å². The third-order valence-electron chi connectivity index (χ3n) is 2.92. The molecule has 0 saturated carbocycles. The second kappa shape index (κ2) is 3.83. The Morgan fingerprint density at radius 2 is 2.08 bits per heavy atom. The summed E-state index contributed by atoms with van der Waals surface area (Å²) >= 11 is 0. The van der Waals surface area contributed by atoms with E-state index in [1.54, 1.807) is 0 Å². The third kappa shape index (κ3) is 2.84. The van der Waals surface area contributed by atoms with Crippen molar-refractivity contribution in [2.75, 3.05) is 0 Å². The molecule has 2 unspecified atom stereocenters. The van der Waals surface area contributed by atoms with Crippen LogP contribution >= 0.6 is 0 Å². The summed E-state index contributed by atoms with van der Waals surface area (Å²) in [6.45, 7) is 10.9. The van der Waals surface area contributed by atoms with Crippen LogP contribution in [0.5, 0.6) is 0 Å². The maximum atomic E-state index is 5.86. The van der Waals surface area contributed by atoms with E-state index in [0.29, 0.717) is 12.0 Å².